The number of para-hydroxylation sites is 1. The van der Waals surface area contributed by atoms with Gasteiger partial charge in [-0.25, -0.2) is 8.42 Å². The number of hydrogen-bond acceptors (Lipinski definition) is 3. The molecule has 4 rings (SSSR count). The summed E-state index contributed by atoms with van der Waals surface area (Å²) in [5.74, 6) is -0.268. The largest absolute Gasteiger partial charge is 0.305 e. The first-order valence-corrected chi connectivity index (χ1v) is 10.9. The van der Waals surface area contributed by atoms with Gasteiger partial charge < -0.3 is 4.90 Å². The highest BCUT2D eigenvalue weighted by molar-refractivity contribution is 7.89. The standard InChI is InChI=1S/C20H21ClN2O3S/c1-14-12-15-6-2-3-7-19(15)23(14)20(24)17-13-16(8-9-18(17)21)27(25,26)22-10-4-5-11-22/h2-3,6-9,13-14H,4-5,10-12H2,1H3/t14-/m0/s1. The number of halogens is 1. The van der Waals surface area contributed by atoms with Gasteiger partial charge in [0.1, 0.15) is 0 Å². The van der Waals surface area contributed by atoms with Crippen molar-refractivity contribution in [3.8, 4) is 0 Å². The molecule has 5 nitrogen and oxygen atoms in total. The maximum absolute atomic E-state index is 13.3. The number of anilines is 1. The van der Waals surface area contributed by atoms with E-state index in [0.717, 1.165) is 30.5 Å². The van der Waals surface area contributed by atoms with Crippen molar-refractivity contribution in [3.05, 3.63) is 58.6 Å². The van der Waals surface area contributed by atoms with Crippen LogP contribution in [0.1, 0.15) is 35.7 Å². The molecule has 1 atom stereocenters. The van der Waals surface area contributed by atoms with Gasteiger partial charge in [-0.15, -0.1) is 0 Å². The maximum Gasteiger partial charge on any atom is 0.260 e. The van der Waals surface area contributed by atoms with Crippen molar-refractivity contribution in [2.45, 2.75) is 37.1 Å². The highest BCUT2D eigenvalue weighted by Crippen LogP contribution is 2.35. The number of nitrogens with zero attached hydrogens (tertiary/aromatic N) is 2. The summed E-state index contributed by atoms with van der Waals surface area (Å²) in [5, 5.41) is 0.261. The molecule has 0 radical (unpaired) electrons. The Kier molecular flexibility index (Phi) is 4.74. The molecule has 1 saturated heterocycles. The Labute approximate surface area is 164 Å². The zero-order chi connectivity index (χ0) is 19.2. The van der Waals surface area contributed by atoms with Crippen LogP contribution >= 0.6 is 11.6 Å². The molecule has 0 spiro atoms. The first-order valence-electron chi connectivity index (χ1n) is 9.11. The number of sulfonamides is 1. The quantitative estimate of drug-likeness (QED) is 0.783. The molecule has 0 unspecified atom stereocenters. The van der Waals surface area contributed by atoms with Crippen molar-refractivity contribution in [2.75, 3.05) is 18.0 Å². The highest BCUT2D eigenvalue weighted by atomic mass is 35.5. The van der Waals surface area contributed by atoms with Crippen molar-refractivity contribution in [1.82, 2.24) is 4.31 Å². The number of fused-ring (bicyclic) bond motifs is 1. The Hall–Kier alpha value is -1.89. The predicted molar refractivity (Wildman–Crippen MR) is 106 cm³/mol. The first kappa shape index (κ1) is 18.5. The van der Waals surface area contributed by atoms with Crippen LogP contribution in [-0.2, 0) is 16.4 Å². The SMILES string of the molecule is C[C@H]1Cc2ccccc2N1C(=O)c1cc(S(=O)(=O)N2CCCC2)ccc1Cl. The molecule has 2 aliphatic heterocycles. The molecule has 2 aromatic rings. The van der Waals surface area contributed by atoms with Crippen LogP contribution in [-0.4, -0.2) is 37.8 Å². The monoisotopic (exact) mass is 404 g/mol. The van der Waals surface area contributed by atoms with Crippen LogP contribution < -0.4 is 4.90 Å². The topological polar surface area (TPSA) is 57.7 Å². The molecule has 2 aliphatic rings. The summed E-state index contributed by atoms with van der Waals surface area (Å²) in [6, 6.07) is 12.2. The predicted octanol–water partition coefficient (Wildman–Crippen LogP) is 3.72. The number of carbonyl (C=O) groups is 1. The van der Waals surface area contributed by atoms with Crippen LogP contribution in [0.5, 0.6) is 0 Å². The minimum atomic E-state index is -3.61. The van der Waals surface area contributed by atoms with E-state index >= 15 is 0 Å². The number of rotatable bonds is 3. The van der Waals surface area contributed by atoms with Crippen molar-refractivity contribution in [3.63, 3.8) is 0 Å². The molecule has 2 aromatic carbocycles. The molecule has 7 heteroatoms. The first-order chi connectivity index (χ1) is 12.9. The zero-order valence-corrected chi connectivity index (χ0v) is 16.6. The van der Waals surface area contributed by atoms with Gasteiger partial charge in [0.05, 0.1) is 15.5 Å². The van der Waals surface area contributed by atoms with E-state index in [-0.39, 0.29) is 27.4 Å². The van der Waals surface area contributed by atoms with E-state index in [1.807, 2.05) is 31.2 Å². The lowest BCUT2D eigenvalue weighted by molar-refractivity contribution is 0.0981. The van der Waals surface area contributed by atoms with Crippen LogP contribution in [0, 0.1) is 0 Å². The minimum Gasteiger partial charge on any atom is -0.305 e. The molecule has 142 valence electrons. The average Bonchev–Trinajstić information content (AvgIpc) is 3.29. The van der Waals surface area contributed by atoms with Gasteiger partial charge in [0, 0.05) is 24.8 Å². The molecular formula is C20H21ClN2O3S. The van der Waals surface area contributed by atoms with Crippen molar-refractivity contribution >= 4 is 33.2 Å². The van der Waals surface area contributed by atoms with E-state index in [1.54, 1.807) is 4.90 Å². The lowest BCUT2D eigenvalue weighted by Gasteiger charge is -2.24. The van der Waals surface area contributed by atoms with Crippen LogP contribution in [0.3, 0.4) is 0 Å². The molecule has 0 N–H and O–H groups in total. The van der Waals surface area contributed by atoms with E-state index in [4.69, 9.17) is 11.6 Å². The summed E-state index contributed by atoms with van der Waals surface area (Å²) < 4.78 is 27.2. The van der Waals surface area contributed by atoms with Gasteiger partial charge in [0.15, 0.2) is 0 Å². The molecule has 0 bridgehead atoms. The second kappa shape index (κ2) is 6.93. The molecule has 27 heavy (non-hydrogen) atoms. The van der Waals surface area contributed by atoms with E-state index in [2.05, 4.69) is 0 Å². The molecule has 2 heterocycles. The molecule has 0 aromatic heterocycles. The van der Waals surface area contributed by atoms with Crippen molar-refractivity contribution < 1.29 is 13.2 Å². The second-order valence-corrected chi connectivity index (χ2v) is 9.45. The van der Waals surface area contributed by atoms with Gasteiger partial charge in [0.2, 0.25) is 10.0 Å². The summed E-state index contributed by atoms with van der Waals surface area (Å²) in [6.45, 7) is 3.02. The maximum atomic E-state index is 13.3. The molecular weight excluding hydrogens is 384 g/mol. The van der Waals surface area contributed by atoms with Gasteiger partial charge >= 0.3 is 0 Å². The number of carbonyl (C=O) groups excluding carboxylic acids is 1. The molecule has 1 amide bonds. The summed E-state index contributed by atoms with van der Waals surface area (Å²) in [4.78, 5) is 15.1. The molecule has 1 fully saturated rings. The Morgan fingerprint density at radius 3 is 2.56 bits per heavy atom. The number of hydrogen-bond donors (Lipinski definition) is 0. The normalized spacial score (nSPS) is 20.1. The number of amides is 1. The lowest BCUT2D eigenvalue weighted by Crippen LogP contribution is -2.36. The summed E-state index contributed by atoms with van der Waals surface area (Å²) in [7, 11) is -3.61. The lowest BCUT2D eigenvalue weighted by atomic mass is 10.1. The van der Waals surface area contributed by atoms with Crippen LogP contribution in [0.4, 0.5) is 5.69 Å². The van der Waals surface area contributed by atoms with Gasteiger partial charge in [-0.3, -0.25) is 4.79 Å². The van der Waals surface area contributed by atoms with E-state index in [9.17, 15) is 13.2 Å². The average molecular weight is 405 g/mol. The highest BCUT2D eigenvalue weighted by Gasteiger charge is 2.33. The zero-order valence-electron chi connectivity index (χ0n) is 15.1. The third-order valence-electron chi connectivity index (χ3n) is 5.30. The Balaban J connectivity index is 1.73. The summed E-state index contributed by atoms with van der Waals surface area (Å²) in [6.07, 6.45) is 2.49. The fraction of sp³-hybridized carbons (Fsp3) is 0.350. The fourth-order valence-corrected chi connectivity index (χ4v) is 5.65. The third kappa shape index (κ3) is 3.16. The Bertz CT molecular complexity index is 1000. The van der Waals surface area contributed by atoms with Gasteiger partial charge in [-0.2, -0.15) is 4.31 Å². The fourth-order valence-electron chi connectivity index (χ4n) is 3.91. The van der Waals surface area contributed by atoms with Gasteiger partial charge in [-0.1, -0.05) is 29.8 Å². The van der Waals surface area contributed by atoms with E-state index < -0.39 is 10.0 Å². The van der Waals surface area contributed by atoms with Crippen molar-refractivity contribution in [1.29, 1.82) is 0 Å². The third-order valence-corrected chi connectivity index (χ3v) is 7.52. The van der Waals surface area contributed by atoms with Gasteiger partial charge in [-0.05, 0) is 56.0 Å². The minimum absolute atomic E-state index is 0.00943. The Morgan fingerprint density at radius 1 is 1.11 bits per heavy atom. The number of benzene rings is 2. The van der Waals surface area contributed by atoms with E-state index in [0.29, 0.717) is 13.1 Å². The molecule has 0 saturated carbocycles. The Morgan fingerprint density at radius 2 is 1.81 bits per heavy atom. The van der Waals surface area contributed by atoms with E-state index in [1.165, 1.54) is 22.5 Å². The van der Waals surface area contributed by atoms with Crippen LogP contribution in [0.2, 0.25) is 5.02 Å². The van der Waals surface area contributed by atoms with Crippen molar-refractivity contribution in [2.24, 2.45) is 0 Å². The molecule has 0 aliphatic carbocycles. The summed E-state index contributed by atoms with van der Waals surface area (Å²) in [5.41, 5.74) is 2.19. The smallest absolute Gasteiger partial charge is 0.260 e. The second-order valence-electron chi connectivity index (χ2n) is 7.11. The van der Waals surface area contributed by atoms with Gasteiger partial charge in [0.25, 0.3) is 5.91 Å². The van der Waals surface area contributed by atoms with Crippen LogP contribution in [0.25, 0.3) is 0 Å². The van der Waals surface area contributed by atoms with Crippen LogP contribution in [0.15, 0.2) is 47.4 Å². The summed E-state index contributed by atoms with van der Waals surface area (Å²) >= 11 is 6.30.